The quantitative estimate of drug-likeness (QED) is 0.352. The summed E-state index contributed by atoms with van der Waals surface area (Å²) in [6.07, 6.45) is 4.41. The molecule has 0 radical (unpaired) electrons. The fraction of sp³-hybridized carbons (Fsp3) is 0.393. The molecule has 1 aromatic carbocycles. The van der Waals surface area contributed by atoms with Crippen LogP contribution in [0.5, 0.6) is 0 Å². The molecule has 1 aliphatic heterocycles. The van der Waals surface area contributed by atoms with E-state index in [9.17, 15) is 18.7 Å². The van der Waals surface area contributed by atoms with Crippen molar-refractivity contribution in [1.82, 2.24) is 9.97 Å². The number of aliphatic hydroxyl groups is 1. The lowest BCUT2D eigenvalue weighted by molar-refractivity contribution is -0.0128. The van der Waals surface area contributed by atoms with Crippen molar-refractivity contribution in [3.63, 3.8) is 0 Å². The van der Waals surface area contributed by atoms with Gasteiger partial charge in [-0.25, -0.2) is 0 Å². The number of carbonyl (C=O) groups excluding carboxylic acids is 1. The molecule has 2 aromatic heterocycles. The van der Waals surface area contributed by atoms with Crippen molar-refractivity contribution in [3.8, 4) is 11.1 Å². The molecule has 1 saturated heterocycles. The molecule has 196 valence electrons. The van der Waals surface area contributed by atoms with Gasteiger partial charge < -0.3 is 20.5 Å². The zero-order chi connectivity index (χ0) is 26.4. The normalized spacial score (nSPS) is 14.4. The number of nitrogens with one attached hydrogen (secondary N) is 2. The Morgan fingerprint density at radius 2 is 1.89 bits per heavy atom. The number of halogens is 2. The number of aliphatic hydroxyl groups excluding tert-OH is 1. The average molecular weight is 511 g/mol. The minimum absolute atomic E-state index is 0.0825. The molecule has 1 fully saturated rings. The first-order chi connectivity index (χ1) is 17.8. The van der Waals surface area contributed by atoms with E-state index in [-0.39, 0.29) is 18.7 Å². The summed E-state index contributed by atoms with van der Waals surface area (Å²) in [5, 5.41) is 15.6. The molecule has 0 saturated carbocycles. The van der Waals surface area contributed by atoms with Crippen molar-refractivity contribution in [2.24, 2.45) is 0 Å². The van der Waals surface area contributed by atoms with Crippen LogP contribution in [0.4, 0.5) is 20.2 Å². The average Bonchev–Trinajstić information content (AvgIpc) is 2.93. The molecule has 1 aliphatic rings. The highest BCUT2D eigenvalue weighted by atomic mass is 19.3. The van der Waals surface area contributed by atoms with E-state index in [0.29, 0.717) is 30.5 Å². The number of ether oxygens (including phenoxy) is 1. The Balaban J connectivity index is 1.70. The van der Waals surface area contributed by atoms with Crippen LogP contribution in [0.2, 0.25) is 0 Å². The Kier molecular flexibility index (Phi) is 8.45. The van der Waals surface area contributed by atoms with Gasteiger partial charge in [-0.3, -0.25) is 14.8 Å². The van der Waals surface area contributed by atoms with E-state index in [0.717, 1.165) is 41.3 Å². The Morgan fingerprint density at radius 1 is 1.14 bits per heavy atom. The van der Waals surface area contributed by atoms with Crippen LogP contribution in [0.15, 0.2) is 48.8 Å². The zero-order valence-corrected chi connectivity index (χ0v) is 21.1. The molecule has 37 heavy (non-hydrogen) atoms. The van der Waals surface area contributed by atoms with Crippen molar-refractivity contribution in [2.75, 3.05) is 37.0 Å². The third-order valence-corrected chi connectivity index (χ3v) is 6.63. The van der Waals surface area contributed by atoms with Crippen LogP contribution in [-0.4, -0.2) is 47.3 Å². The number of amides is 1. The molecule has 3 N–H and O–H groups in total. The third-order valence-electron chi connectivity index (χ3n) is 6.63. The van der Waals surface area contributed by atoms with Gasteiger partial charge in [0, 0.05) is 61.3 Å². The Morgan fingerprint density at radius 3 is 2.62 bits per heavy atom. The summed E-state index contributed by atoms with van der Waals surface area (Å²) in [6.45, 7) is 4.92. The van der Waals surface area contributed by atoms with Gasteiger partial charge in [-0.05, 0) is 61.2 Å². The maximum Gasteiger partial charge on any atom is 0.289 e. The molecule has 0 spiro atoms. The first-order valence-electron chi connectivity index (χ1n) is 12.5. The number of pyridine rings is 2. The monoisotopic (exact) mass is 510 g/mol. The van der Waals surface area contributed by atoms with Crippen LogP contribution in [0, 0.1) is 6.92 Å². The summed E-state index contributed by atoms with van der Waals surface area (Å²) in [6, 6.07) is 10.2. The molecular weight excluding hydrogens is 478 g/mol. The predicted octanol–water partition coefficient (Wildman–Crippen LogP) is 5.50. The minimum atomic E-state index is -3.12. The Hall–Kier alpha value is -3.43. The number of hydrogen-bond donors (Lipinski definition) is 3. The topological polar surface area (TPSA) is 96.4 Å². The molecule has 0 atom stereocenters. The van der Waals surface area contributed by atoms with E-state index < -0.39 is 23.9 Å². The van der Waals surface area contributed by atoms with Crippen molar-refractivity contribution in [1.29, 1.82) is 0 Å². The first-order valence-corrected chi connectivity index (χ1v) is 12.5. The van der Waals surface area contributed by atoms with Gasteiger partial charge in [-0.1, -0.05) is 13.0 Å². The lowest BCUT2D eigenvalue weighted by Crippen LogP contribution is -2.18. The van der Waals surface area contributed by atoms with E-state index >= 15 is 0 Å². The van der Waals surface area contributed by atoms with Crippen LogP contribution in [0.1, 0.15) is 59.4 Å². The van der Waals surface area contributed by atoms with Crippen LogP contribution >= 0.6 is 0 Å². The number of benzene rings is 1. The van der Waals surface area contributed by atoms with Crippen LogP contribution < -0.4 is 10.6 Å². The standard InChI is InChI=1S/C28H32F2N4O3/c1-3-28(29,30)24-17-21(7-11-32-24)27(36)34-22-5-4-18(2)25(26(22)33-12-13-35)20-6-10-31-23(16-20)19-8-14-37-15-9-19/h4-7,10-11,16-17,19,33,35H,3,8-9,12-15H2,1-2H3,(H,34,36). The highest BCUT2D eigenvalue weighted by molar-refractivity contribution is 6.07. The van der Waals surface area contributed by atoms with Crippen molar-refractivity contribution in [2.45, 2.75) is 45.0 Å². The molecule has 0 unspecified atom stereocenters. The molecule has 3 aromatic rings. The predicted molar refractivity (Wildman–Crippen MR) is 139 cm³/mol. The summed E-state index contributed by atoms with van der Waals surface area (Å²) in [7, 11) is 0. The summed E-state index contributed by atoms with van der Waals surface area (Å²) in [5.74, 6) is -3.34. The Bertz CT molecular complexity index is 1250. The first kappa shape index (κ1) is 26.6. The summed E-state index contributed by atoms with van der Waals surface area (Å²) in [4.78, 5) is 21.5. The minimum Gasteiger partial charge on any atom is -0.395 e. The largest absolute Gasteiger partial charge is 0.395 e. The third kappa shape index (κ3) is 6.11. The van der Waals surface area contributed by atoms with E-state index in [1.54, 1.807) is 12.3 Å². The maximum absolute atomic E-state index is 14.2. The number of anilines is 2. The summed E-state index contributed by atoms with van der Waals surface area (Å²) < 4.78 is 33.8. The second-order valence-electron chi connectivity index (χ2n) is 9.13. The lowest BCUT2D eigenvalue weighted by atomic mass is 9.92. The van der Waals surface area contributed by atoms with E-state index in [1.165, 1.54) is 19.2 Å². The Labute approximate surface area is 215 Å². The number of hydrogen-bond acceptors (Lipinski definition) is 6. The van der Waals surface area contributed by atoms with Crippen molar-refractivity contribution in [3.05, 3.63) is 71.3 Å². The lowest BCUT2D eigenvalue weighted by Gasteiger charge is -2.23. The second kappa shape index (κ2) is 11.7. The van der Waals surface area contributed by atoms with Gasteiger partial charge in [0.05, 0.1) is 18.0 Å². The summed E-state index contributed by atoms with van der Waals surface area (Å²) >= 11 is 0. The van der Waals surface area contributed by atoms with E-state index in [1.807, 2.05) is 19.1 Å². The molecule has 9 heteroatoms. The molecule has 0 aliphatic carbocycles. The van der Waals surface area contributed by atoms with Crippen molar-refractivity contribution < 1.29 is 23.4 Å². The SMILES string of the molecule is CCC(F)(F)c1cc(C(=O)Nc2ccc(C)c(-c3ccnc(C4CCOCC4)c3)c2NCCO)ccn1. The van der Waals surface area contributed by atoms with Gasteiger partial charge in [-0.15, -0.1) is 0 Å². The fourth-order valence-corrected chi connectivity index (χ4v) is 4.52. The second-order valence-corrected chi connectivity index (χ2v) is 9.13. The van der Waals surface area contributed by atoms with E-state index in [4.69, 9.17) is 4.74 Å². The molecule has 3 heterocycles. The van der Waals surface area contributed by atoms with Gasteiger partial charge in [0.1, 0.15) is 5.69 Å². The highest BCUT2D eigenvalue weighted by Crippen LogP contribution is 2.39. The number of alkyl halides is 2. The van der Waals surface area contributed by atoms with Gasteiger partial charge in [0.25, 0.3) is 11.8 Å². The smallest absolute Gasteiger partial charge is 0.289 e. The van der Waals surface area contributed by atoms with Gasteiger partial charge >= 0.3 is 0 Å². The number of rotatable bonds is 9. The van der Waals surface area contributed by atoms with Crippen LogP contribution in [0.3, 0.4) is 0 Å². The number of aromatic nitrogens is 2. The maximum atomic E-state index is 14.2. The number of nitrogens with zero attached hydrogens (tertiary/aromatic N) is 2. The molecule has 4 rings (SSSR count). The zero-order valence-electron chi connectivity index (χ0n) is 21.1. The molecule has 1 amide bonds. The van der Waals surface area contributed by atoms with Crippen LogP contribution in [-0.2, 0) is 10.7 Å². The number of carbonyl (C=O) groups is 1. The van der Waals surface area contributed by atoms with Gasteiger partial charge in [-0.2, -0.15) is 8.78 Å². The fourth-order valence-electron chi connectivity index (χ4n) is 4.52. The molecule has 0 bridgehead atoms. The molecule has 7 nitrogen and oxygen atoms in total. The number of aryl methyl sites for hydroxylation is 1. The molecular formula is C28H32F2N4O3. The van der Waals surface area contributed by atoms with Gasteiger partial charge in [0.15, 0.2) is 0 Å². The highest BCUT2D eigenvalue weighted by Gasteiger charge is 2.31. The van der Waals surface area contributed by atoms with Gasteiger partial charge in [0.2, 0.25) is 0 Å². The van der Waals surface area contributed by atoms with Crippen molar-refractivity contribution >= 4 is 17.3 Å². The summed E-state index contributed by atoms with van der Waals surface area (Å²) in [5.41, 5.74) is 4.51. The van der Waals surface area contributed by atoms with E-state index in [2.05, 4.69) is 26.7 Å². The van der Waals surface area contributed by atoms with Crippen LogP contribution in [0.25, 0.3) is 11.1 Å².